The van der Waals surface area contributed by atoms with E-state index >= 15 is 0 Å². The monoisotopic (exact) mass is 197 g/mol. The third-order valence-electron chi connectivity index (χ3n) is 2.40. The summed E-state index contributed by atoms with van der Waals surface area (Å²) in [5, 5.41) is 9.76. The van der Waals surface area contributed by atoms with E-state index in [4.69, 9.17) is 10.5 Å². The first-order chi connectivity index (χ1) is 6.68. The van der Waals surface area contributed by atoms with Crippen LogP contribution < -0.4 is 10.5 Å². The van der Waals surface area contributed by atoms with Crippen molar-refractivity contribution in [2.45, 2.75) is 18.6 Å². The Balaban J connectivity index is 2.44. The highest BCUT2D eigenvalue weighted by atomic mass is 19.1. The molecule has 0 aliphatic carbocycles. The highest BCUT2D eigenvalue weighted by Crippen LogP contribution is 2.31. The van der Waals surface area contributed by atoms with Gasteiger partial charge in [0.25, 0.3) is 0 Å². The summed E-state index contributed by atoms with van der Waals surface area (Å²) in [6.45, 7) is 0.455. The molecule has 1 aliphatic heterocycles. The zero-order valence-corrected chi connectivity index (χ0v) is 7.61. The molecule has 0 spiro atoms. The van der Waals surface area contributed by atoms with E-state index in [0.29, 0.717) is 24.3 Å². The quantitative estimate of drug-likeness (QED) is 0.651. The molecule has 2 rings (SSSR count). The van der Waals surface area contributed by atoms with E-state index in [9.17, 15) is 9.50 Å². The van der Waals surface area contributed by atoms with Crippen LogP contribution in [0.3, 0.4) is 0 Å². The SMILES string of the molecule is N[C@H]1CCOc2ccc(F)cc2[C@@H]1O. The number of aliphatic hydroxyl groups is 1. The lowest BCUT2D eigenvalue weighted by atomic mass is 10.0. The van der Waals surface area contributed by atoms with Gasteiger partial charge in [-0.15, -0.1) is 0 Å². The maximum Gasteiger partial charge on any atom is 0.125 e. The van der Waals surface area contributed by atoms with Crippen LogP contribution in [-0.4, -0.2) is 17.8 Å². The summed E-state index contributed by atoms with van der Waals surface area (Å²) >= 11 is 0. The van der Waals surface area contributed by atoms with Crippen LogP contribution in [0.1, 0.15) is 18.1 Å². The van der Waals surface area contributed by atoms with Crippen LogP contribution in [0.25, 0.3) is 0 Å². The number of rotatable bonds is 0. The fourth-order valence-corrected chi connectivity index (χ4v) is 1.58. The van der Waals surface area contributed by atoms with Gasteiger partial charge in [-0.3, -0.25) is 0 Å². The molecule has 14 heavy (non-hydrogen) atoms. The predicted molar refractivity (Wildman–Crippen MR) is 49.4 cm³/mol. The van der Waals surface area contributed by atoms with Crippen molar-refractivity contribution in [3.05, 3.63) is 29.6 Å². The Kier molecular flexibility index (Phi) is 2.39. The minimum atomic E-state index is -0.844. The molecule has 0 saturated carbocycles. The second kappa shape index (κ2) is 3.55. The lowest BCUT2D eigenvalue weighted by molar-refractivity contribution is 0.144. The molecular weight excluding hydrogens is 185 g/mol. The second-order valence-corrected chi connectivity index (χ2v) is 3.43. The molecular formula is C10H12FNO2. The zero-order chi connectivity index (χ0) is 10.1. The van der Waals surface area contributed by atoms with E-state index in [2.05, 4.69) is 0 Å². The molecule has 2 atom stereocenters. The molecule has 0 bridgehead atoms. The maximum absolute atomic E-state index is 12.9. The van der Waals surface area contributed by atoms with Crippen molar-refractivity contribution in [2.24, 2.45) is 5.73 Å². The number of aliphatic hydroxyl groups excluding tert-OH is 1. The van der Waals surface area contributed by atoms with E-state index in [1.165, 1.54) is 18.2 Å². The normalized spacial score (nSPS) is 26.2. The maximum atomic E-state index is 12.9. The highest BCUT2D eigenvalue weighted by molar-refractivity contribution is 5.37. The first-order valence-electron chi connectivity index (χ1n) is 4.54. The van der Waals surface area contributed by atoms with Gasteiger partial charge in [0.15, 0.2) is 0 Å². The minimum absolute atomic E-state index is 0.388. The number of hydrogen-bond donors (Lipinski definition) is 2. The molecule has 0 aromatic heterocycles. The van der Waals surface area contributed by atoms with Crippen molar-refractivity contribution >= 4 is 0 Å². The molecule has 76 valence electrons. The van der Waals surface area contributed by atoms with Crippen molar-refractivity contribution in [1.29, 1.82) is 0 Å². The summed E-state index contributed by atoms with van der Waals surface area (Å²) in [4.78, 5) is 0. The van der Waals surface area contributed by atoms with Gasteiger partial charge < -0.3 is 15.6 Å². The standard InChI is InChI=1S/C10H12FNO2/c11-6-1-2-9-7(5-6)10(13)8(12)3-4-14-9/h1-2,5,8,10,13H,3-4,12H2/t8-,10-/m0/s1. The van der Waals surface area contributed by atoms with Gasteiger partial charge in [0.05, 0.1) is 12.7 Å². The molecule has 3 nitrogen and oxygen atoms in total. The van der Waals surface area contributed by atoms with Gasteiger partial charge >= 0.3 is 0 Å². The zero-order valence-electron chi connectivity index (χ0n) is 7.61. The van der Waals surface area contributed by atoms with Crippen LogP contribution in [0.4, 0.5) is 4.39 Å². The highest BCUT2D eigenvalue weighted by Gasteiger charge is 2.24. The van der Waals surface area contributed by atoms with Gasteiger partial charge in [-0.25, -0.2) is 4.39 Å². The van der Waals surface area contributed by atoms with Crippen LogP contribution in [0.5, 0.6) is 5.75 Å². The van der Waals surface area contributed by atoms with Crippen LogP contribution in [-0.2, 0) is 0 Å². The Morgan fingerprint density at radius 1 is 1.50 bits per heavy atom. The van der Waals surface area contributed by atoms with Crippen molar-refractivity contribution < 1.29 is 14.2 Å². The smallest absolute Gasteiger partial charge is 0.125 e. The van der Waals surface area contributed by atoms with E-state index in [0.717, 1.165) is 0 Å². The first kappa shape index (κ1) is 9.43. The number of hydrogen-bond acceptors (Lipinski definition) is 3. The van der Waals surface area contributed by atoms with Crippen LogP contribution in [0, 0.1) is 5.82 Å². The average molecular weight is 197 g/mol. The molecule has 0 amide bonds. The molecule has 1 aromatic carbocycles. The molecule has 0 fully saturated rings. The Hall–Kier alpha value is -1.13. The molecule has 0 radical (unpaired) electrons. The molecule has 3 N–H and O–H groups in total. The molecule has 1 aliphatic rings. The van der Waals surface area contributed by atoms with Crippen molar-refractivity contribution in [3.63, 3.8) is 0 Å². The Morgan fingerprint density at radius 3 is 3.07 bits per heavy atom. The number of halogens is 1. The van der Waals surface area contributed by atoms with E-state index in [-0.39, 0.29) is 5.82 Å². The van der Waals surface area contributed by atoms with E-state index < -0.39 is 12.1 Å². The molecule has 4 heteroatoms. The average Bonchev–Trinajstić information content (AvgIpc) is 2.30. The summed E-state index contributed by atoms with van der Waals surface area (Å²) in [5.74, 6) is 0.132. The van der Waals surface area contributed by atoms with Gasteiger partial charge in [0.1, 0.15) is 11.6 Å². The summed E-state index contributed by atoms with van der Waals surface area (Å²) in [5.41, 5.74) is 6.13. The van der Waals surface area contributed by atoms with Gasteiger partial charge in [0, 0.05) is 11.6 Å². The molecule has 1 aromatic rings. The van der Waals surface area contributed by atoms with Crippen LogP contribution in [0.2, 0.25) is 0 Å². The number of ether oxygens (including phenoxy) is 1. The van der Waals surface area contributed by atoms with Gasteiger partial charge in [-0.05, 0) is 24.6 Å². The summed E-state index contributed by atoms with van der Waals surface area (Å²) in [7, 11) is 0. The molecule has 0 unspecified atom stereocenters. The van der Waals surface area contributed by atoms with Crippen molar-refractivity contribution in [3.8, 4) is 5.75 Å². The summed E-state index contributed by atoms with van der Waals surface area (Å²) in [6, 6.07) is 3.71. The van der Waals surface area contributed by atoms with E-state index in [1.54, 1.807) is 0 Å². The van der Waals surface area contributed by atoms with Gasteiger partial charge in [0.2, 0.25) is 0 Å². The summed E-state index contributed by atoms with van der Waals surface area (Å²) in [6.07, 6.45) is -0.277. The first-order valence-corrected chi connectivity index (χ1v) is 4.54. The lowest BCUT2D eigenvalue weighted by Crippen LogP contribution is -2.28. The largest absolute Gasteiger partial charge is 0.493 e. The number of nitrogens with two attached hydrogens (primary N) is 1. The van der Waals surface area contributed by atoms with Gasteiger partial charge in [-0.2, -0.15) is 0 Å². The van der Waals surface area contributed by atoms with E-state index in [1.807, 2.05) is 0 Å². The van der Waals surface area contributed by atoms with Crippen molar-refractivity contribution in [1.82, 2.24) is 0 Å². The van der Waals surface area contributed by atoms with Crippen LogP contribution >= 0.6 is 0 Å². The lowest BCUT2D eigenvalue weighted by Gasteiger charge is -2.15. The minimum Gasteiger partial charge on any atom is -0.493 e. The molecule has 1 heterocycles. The van der Waals surface area contributed by atoms with Gasteiger partial charge in [-0.1, -0.05) is 0 Å². The Morgan fingerprint density at radius 2 is 2.29 bits per heavy atom. The Labute approximate surface area is 81.3 Å². The Bertz CT molecular complexity index is 343. The molecule has 0 saturated heterocycles. The third-order valence-corrected chi connectivity index (χ3v) is 2.40. The topological polar surface area (TPSA) is 55.5 Å². The fraction of sp³-hybridized carbons (Fsp3) is 0.400. The van der Waals surface area contributed by atoms with Crippen molar-refractivity contribution in [2.75, 3.05) is 6.61 Å². The number of benzene rings is 1. The van der Waals surface area contributed by atoms with Crippen LogP contribution in [0.15, 0.2) is 18.2 Å². The number of fused-ring (bicyclic) bond motifs is 1. The third kappa shape index (κ3) is 1.58. The second-order valence-electron chi connectivity index (χ2n) is 3.43. The predicted octanol–water partition coefficient (Wildman–Crippen LogP) is 0.969. The summed E-state index contributed by atoms with van der Waals surface area (Å²) < 4.78 is 18.3. The fourth-order valence-electron chi connectivity index (χ4n) is 1.58.